The molecule has 0 saturated heterocycles. The lowest BCUT2D eigenvalue weighted by Gasteiger charge is -2.11. The van der Waals surface area contributed by atoms with E-state index < -0.39 is 16.9 Å². The standard InChI is InChI=1S/C23H21N5O6/c1-33-21-12-16(14-24-27-23(30)26-17-6-3-2-4-7-17)10-11-20(21)34-15-22(29)25-18-8-5-9-19(13-18)28(31)32/h2-14H,15H2,1H3,(H,25,29)(H2,26,27,30)/b24-14+. The van der Waals surface area contributed by atoms with Crippen LogP contribution in [0.2, 0.25) is 0 Å². The molecule has 0 fully saturated rings. The molecular formula is C23H21N5O6. The van der Waals surface area contributed by atoms with Gasteiger partial charge < -0.3 is 20.1 Å². The van der Waals surface area contributed by atoms with E-state index in [-0.39, 0.29) is 18.0 Å². The zero-order chi connectivity index (χ0) is 24.3. The van der Waals surface area contributed by atoms with Gasteiger partial charge in [0, 0.05) is 23.5 Å². The van der Waals surface area contributed by atoms with Crippen molar-refractivity contribution in [2.24, 2.45) is 5.10 Å². The number of methoxy groups -OCH3 is 1. The fourth-order valence-corrected chi connectivity index (χ4v) is 2.77. The maximum atomic E-state index is 12.2. The molecule has 0 spiro atoms. The summed E-state index contributed by atoms with van der Waals surface area (Å²) in [5.74, 6) is 0.159. The first kappa shape index (κ1) is 23.7. The summed E-state index contributed by atoms with van der Waals surface area (Å²) in [5, 5.41) is 19.9. The van der Waals surface area contributed by atoms with E-state index in [0.717, 1.165) is 0 Å². The first-order valence-electron chi connectivity index (χ1n) is 9.95. The molecule has 0 heterocycles. The second-order valence-electron chi connectivity index (χ2n) is 6.74. The van der Waals surface area contributed by atoms with Gasteiger partial charge in [-0.25, -0.2) is 10.2 Å². The lowest BCUT2D eigenvalue weighted by atomic mass is 10.2. The number of rotatable bonds is 9. The van der Waals surface area contributed by atoms with Crippen LogP contribution in [0.4, 0.5) is 21.9 Å². The van der Waals surface area contributed by atoms with Crippen molar-refractivity contribution in [3.05, 3.63) is 88.5 Å². The molecule has 0 unspecified atom stereocenters. The Morgan fingerprint density at radius 1 is 0.971 bits per heavy atom. The van der Waals surface area contributed by atoms with Gasteiger partial charge in [-0.3, -0.25) is 14.9 Å². The van der Waals surface area contributed by atoms with Gasteiger partial charge in [0.15, 0.2) is 18.1 Å². The number of para-hydroxylation sites is 1. The van der Waals surface area contributed by atoms with Crippen molar-refractivity contribution in [3.63, 3.8) is 0 Å². The molecule has 0 radical (unpaired) electrons. The lowest BCUT2D eigenvalue weighted by Crippen LogP contribution is -2.24. The third kappa shape index (κ3) is 7.05. The summed E-state index contributed by atoms with van der Waals surface area (Å²) in [6.45, 7) is -0.340. The predicted octanol–water partition coefficient (Wildman–Crippen LogP) is 3.78. The molecule has 3 aromatic rings. The topological polar surface area (TPSA) is 144 Å². The fourth-order valence-electron chi connectivity index (χ4n) is 2.77. The third-order valence-corrected chi connectivity index (χ3v) is 4.30. The second-order valence-corrected chi connectivity index (χ2v) is 6.74. The van der Waals surface area contributed by atoms with Crippen molar-refractivity contribution in [3.8, 4) is 11.5 Å². The molecule has 3 rings (SSSR count). The number of amides is 3. The van der Waals surface area contributed by atoms with Crippen LogP contribution in [0.1, 0.15) is 5.56 Å². The van der Waals surface area contributed by atoms with Gasteiger partial charge >= 0.3 is 6.03 Å². The summed E-state index contributed by atoms with van der Waals surface area (Å²) in [5.41, 5.74) is 3.75. The Morgan fingerprint density at radius 2 is 1.74 bits per heavy atom. The summed E-state index contributed by atoms with van der Waals surface area (Å²) < 4.78 is 10.8. The molecule has 0 atom stereocenters. The van der Waals surface area contributed by atoms with E-state index in [1.807, 2.05) is 6.07 Å². The number of ether oxygens (including phenoxy) is 2. The van der Waals surface area contributed by atoms with Gasteiger partial charge in [-0.05, 0) is 42.0 Å². The van der Waals surface area contributed by atoms with Gasteiger partial charge in [-0.2, -0.15) is 5.10 Å². The maximum absolute atomic E-state index is 12.2. The van der Waals surface area contributed by atoms with Crippen molar-refractivity contribution in [2.75, 3.05) is 24.4 Å². The summed E-state index contributed by atoms with van der Waals surface area (Å²) in [6.07, 6.45) is 1.42. The number of hydrogen-bond donors (Lipinski definition) is 3. The number of nitro benzene ring substituents is 1. The Labute approximate surface area is 194 Å². The first-order chi connectivity index (χ1) is 16.4. The van der Waals surface area contributed by atoms with Crippen LogP contribution in [-0.4, -0.2) is 36.8 Å². The highest BCUT2D eigenvalue weighted by atomic mass is 16.6. The highest BCUT2D eigenvalue weighted by molar-refractivity contribution is 5.92. The Bertz CT molecular complexity index is 1200. The summed E-state index contributed by atoms with van der Waals surface area (Å²) in [4.78, 5) is 34.3. The zero-order valence-corrected chi connectivity index (χ0v) is 18.1. The highest BCUT2D eigenvalue weighted by Crippen LogP contribution is 2.27. The molecule has 34 heavy (non-hydrogen) atoms. The minimum atomic E-state index is -0.549. The largest absolute Gasteiger partial charge is 0.493 e. The minimum Gasteiger partial charge on any atom is -0.493 e. The van der Waals surface area contributed by atoms with Crippen molar-refractivity contribution in [1.82, 2.24) is 5.43 Å². The molecule has 0 bridgehead atoms. The quantitative estimate of drug-likeness (QED) is 0.250. The SMILES string of the molecule is COc1cc(/C=N/NC(=O)Nc2ccccc2)ccc1OCC(=O)Nc1cccc([N+](=O)[O-])c1. The molecule has 0 aliphatic heterocycles. The van der Waals surface area contributed by atoms with Crippen molar-refractivity contribution < 1.29 is 24.0 Å². The van der Waals surface area contributed by atoms with Crippen LogP contribution in [0.5, 0.6) is 11.5 Å². The Hall–Kier alpha value is -4.93. The van der Waals surface area contributed by atoms with Crippen LogP contribution in [0.25, 0.3) is 0 Å². The Morgan fingerprint density at radius 3 is 2.47 bits per heavy atom. The molecule has 11 nitrogen and oxygen atoms in total. The number of hydrogen-bond acceptors (Lipinski definition) is 7. The van der Waals surface area contributed by atoms with Crippen molar-refractivity contribution in [1.29, 1.82) is 0 Å². The van der Waals surface area contributed by atoms with Gasteiger partial charge in [-0.15, -0.1) is 0 Å². The molecule has 0 saturated carbocycles. The van der Waals surface area contributed by atoms with Crippen molar-refractivity contribution in [2.45, 2.75) is 0 Å². The number of anilines is 2. The first-order valence-corrected chi connectivity index (χ1v) is 9.95. The maximum Gasteiger partial charge on any atom is 0.339 e. The lowest BCUT2D eigenvalue weighted by molar-refractivity contribution is -0.384. The van der Waals surface area contributed by atoms with Gasteiger partial charge in [0.2, 0.25) is 0 Å². The highest BCUT2D eigenvalue weighted by Gasteiger charge is 2.11. The van der Waals surface area contributed by atoms with Crippen LogP contribution in [0.3, 0.4) is 0 Å². The van der Waals surface area contributed by atoms with Crippen LogP contribution in [0.15, 0.2) is 77.9 Å². The van der Waals surface area contributed by atoms with Gasteiger partial charge in [0.1, 0.15) is 0 Å². The average Bonchev–Trinajstić information content (AvgIpc) is 2.83. The van der Waals surface area contributed by atoms with Crippen LogP contribution < -0.4 is 25.5 Å². The van der Waals surface area contributed by atoms with Gasteiger partial charge in [0.25, 0.3) is 11.6 Å². The Balaban J connectivity index is 1.53. The van der Waals surface area contributed by atoms with Crippen LogP contribution >= 0.6 is 0 Å². The van der Waals surface area contributed by atoms with E-state index in [1.54, 1.807) is 42.5 Å². The van der Waals surface area contributed by atoms with Crippen LogP contribution in [0, 0.1) is 10.1 Å². The van der Waals surface area contributed by atoms with E-state index in [0.29, 0.717) is 22.7 Å². The van der Waals surface area contributed by atoms with Gasteiger partial charge in [0.05, 0.1) is 18.2 Å². The number of carbonyl (C=O) groups excluding carboxylic acids is 2. The number of carbonyl (C=O) groups is 2. The number of nitrogens with one attached hydrogen (secondary N) is 3. The molecule has 3 N–H and O–H groups in total. The molecule has 3 amide bonds. The van der Waals surface area contributed by atoms with E-state index >= 15 is 0 Å². The fraction of sp³-hybridized carbons (Fsp3) is 0.0870. The normalized spacial score (nSPS) is 10.4. The summed E-state index contributed by atoms with van der Waals surface area (Å²) in [7, 11) is 1.44. The number of hydrazone groups is 1. The molecule has 0 aromatic heterocycles. The molecule has 0 aliphatic rings. The van der Waals surface area contributed by atoms with E-state index in [1.165, 1.54) is 37.6 Å². The zero-order valence-electron chi connectivity index (χ0n) is 18.1. The number of nitrogens with zero attached hydrogens (tertiary/aromatic N) is 2. The smallest absolute Gasteiger partial charge is 0.339 e. The molecule has 0 aliphatic carbocycles. The summed E-state index contributed by atoms with van der Waals surface area (Å²) in [6, 6.07) is 18.9. The predicted molar refractivity (Wildman–Crippen MR) is 126 cm³/mol. The number of benzene rings is 3. The number of nitro groups is 1. The van der Waals surface area contributed by atoms with Crippen LogP contribution in [-0.2, 0) is 4.79 Å². The molecule has 174 valence electrons. The van der Waals surface area contributed by atoms with Crippen molar-refractivity contribution >= 4 is 35.2 Å². The molecular weight excluding hydrogens is 442 g/mol. The molecule has 3 aromatic carbocycles. The second kappa shape index (κ2) is 11.6. The average molecular weight is 463 g/mol. The van der Waals surface area contributed by atoms with E-state index in [4.69, 9.17) is 9.47 Å². The van der Waals surface area contributed by atoms with E-state index in [2.05, 4.69) is 21.2 Å². The third-order valence-electron chi connectivity index (χ3n) is 4.30. The number of urea groups is 1. The number of non-ortho nitro benzene ring substituents is 1. The monoisotopic (exact) mass is 463 g/mol. The van der Waals surface area contributed by atoms with Gasteiger partial charge in [-0.1, -0.05) is 24.3 Å². The molecule has 11 heteroatoms. The Kier molecular flexibility index (Phi) is 8.11. The van der Waals surface area contributed by atoms with E-state index in [9.17, 15) is 19.7 Å². The minimum absolute atomic E-state index is 0.135. The summed E-state index contributed by atoms with van der Waals surface area (Å²) >= 11 is 0.